The van der Waals surface area contributed by atoms with Crippen LogP contribution in [-0.4, -0.2) is 21.2 Å². The van der Waals surface area contributed by atoms with Crippen molar-refractivity contribution in [2.75, 3.05) is 0 Å². The smallest absolute Gasteiger partial charge is 0.309 e. The predicted octanol–water partition coefficient (Wildman–Crippen LogP) is 1.57. The fourth-order valence-corrected chi connectivity index (χ4v) is 1.48. The van der Waals surface area contributed by atoms with E-state index in [0.29, 0.717) is 11.1 Å². The van der Waals surface area contributed by atoms with Crippen molar-refractivity contribution >= 4 is 16.7 Å². The van der Waals surface area contributed by atoms with Gasteiger partial charge in [-0.25, -0.2) is 4.98 Å². The standard InChI is InChI=1S/C11H9NO3/c13-10(14)6-8-5-7-3-1-2-4-9(7)11(15)12-8/h1-5H,6H2,(H,12,15)(H,13,14). The number of carboxylic acids is 1. The van der Waals surface area contributed by atoms with E-state index in [2.05, 4.69) is 4.98 Å². The van der Waals surface area contributed by atoms with Crippen molar-refractivity contribution < 1.29 is 15.0 Å². The van der Waals surface area contributed by atoms with Gasteiger partial charge in [-0.2, -0.15) is 0 Å². The molecule has 0 saturated carbocycles. The molecule has 2 aromatic rings. The SMILES string of the molecule is O=C(O)Cc1cc2ccccc2c(O)n1. The normalized spacial score (nSPS) is 10.4. The highest BCUT2D eigenvalue weighted by molar-refractivity contribution is 5.87. The molecule has 0 aliphatic rings. The van der Waals surface area contributed by atoms with E-state index in [0.717, 1.165) is 5.39 Å². The van der Waals surface area contributed by atoms with Crippen molar-refractivity contribution in [3.05, 3.63) is 36.0 Å². The Morgan fingerprint density at radius 2 is 2.07 bits per heavy atom. The summed E-state index contributed by atoms with van der Waals surface area (Å²) in [6, 6.07) is 8.83. The Balaban J connectivity index is 2.57. The van der Waals surface area contributed by atoms with Crippen LogP contribution in [0, 0.1) is 0 Å². The van der Waals surface area contributed by atoms with Crippen LogP contribution in [0.4, 0.5) is 0 Å². The Hall–Kier alpha value is -2.10. The summed E-state index contributed by atoms with van der Waals surface area (Å²) in [5.41, 5.74) is 0.360. The number of carbonyl (C=O) groups is 1. The molecule has 0 unspecified atom stereocenters. The van der Waals surface area contributed by atoms with Crippen molar-refractivity contribution in [3.8, 4) is 5.88 Å². The van der Waals surface area contributed by atoms with Crippen LogP contribution in [0.1, 0.15) is 5.69 Å². The second kappa shape index (κ2) is 3.57. The third kappa shape index (κ3) is 1.88. The third-order valence-corrected chi connectivity index (χ3v) is 2.11. The first-order chi connectivity index (χ1) is 7.16. The van der Waals surface area contributed by atoms with Crippen LogP contribution in [0.15, 0.2) is 30.3 Å². The van der Waals surface area contributed by atoms with E-state index in [9.17, 15) is 9.90 Å². The lowest BCUT2D eigenvalue weighted by molar-refractivity contribution is -0.136. The summed E-state index contributed by atoms with van der Waals surface area (Å²) in [6.45, 7) is 0. The minimum absolute atomic E-state index is 0.121. The minimum Gasteiger partial charge on any atom is -0.493 e. The molecule has 0 saturated heterocycles. The molecule has 1 aromatic heterocycles. The summed E-state index contributed by atoms with van der Waals surface area (Å²) in [7, 11) is 0. The van der Waals surface area contributed by atoms with E-state index < -0.39 is 5.97 Å². The summed E-state index contributed by atoms with van der Waals surface area (Å²) in [4.78, 5) is 14.3. The van der Waals surface area contributed by atoms with Crippen LogP contribution in [0.25, 0.3) is 10.8 Å². The topological polar surface area (TPSA) is 70.4 Å². The number of aromatic hydroxyl groups is 1. The van der Waals surface area contributed by atoms with Crippen LogP contribution in [0.5, 0.6) is 5.88 Å². The number of hydrogen-bond donors (Lipinski definition) is 2. The van der Waals surface area contributed by atoms with Gasteiger partial charge in [-0.05, 0) is 17.5 Å². The summed E-state index contributed by atoms with van der Waals surface area (Å²) in [5, 5.41) is 19.6. The zero-order chi connectivity index (χ0) is 10.8. The maximum Gasteiger partial charge on any atom is 0.309 e. The molecular weight excluding hydrogens is 194 g/mol. The number of aliphatic carboxylic acids is 1. The van der Waals surface area contributed by atoms with Gasteiger partial charge in [-0.1, -0.05) is 18.2 Å². The summed E-state index contributed by atoms with van der Waals surface area (Å²) in [6.07, 6.45) is -0.182. The average Bonchev–Trinajstić information content (AvgIpc) is 2.16. The molecule has 2 rings (SSSR count). The lowest BCUT2D eigenvalue weighted by Crippen LogP contribution is -2.02. The van der Waals surface area contributed by atoms with E-state index in [-0.39, 0.29) is 12.3 Å². The monoisotopic (exact) mass is 203 g/mol. The van der Waals surface area contributed by atoms with Gasteiger partial charge in [0.15, 0.2) is 0 Å². The zero-order valence-corrected chi connectivity index (χ0v) is 7.84. The van der Waals surface area contributed by atoms with Gasteiger partial charge in [-0.3, -0.25) is 4.79 Å². The van der Waals surface area contributed by atoms with E-state index in [4.69, 9.17) is 5.11 Å². The largest absolute Gasteiger partial charge is 0.493 e. The highest BCUT2D eigenvalue weighted by atomic mass is 16.4. The lowest BCUT2D eigenvalue weighted by Gasteiger charge is -2.02. The number of nitrogens with zero attached hydrogens (tertiary/aromatic N) is 1. The van der Waals surface area contributed by atoms with Gasteiger partial charge in [0.2, 0.25) is 5.88 Å². The molecule has 0 amide bonds. The van der Waals surface area contributed by atoms with Gasteiger partial charge in [0.1, 0.15) is 0 Å². The molecule has 76 valence electrons. The van der Waals surface area contributed by atoms with Crippen molar-refractivity contribution in [1.29, 1.82) is 0 Å². The van der Waals surface area contributed by atoms with Gasteiger partial charge < -0.3 is 10.2 Å². The van der Waals surface area contributed by atoms with Gasteiger partial charge in [-0.15, -0.1) is 0 Å². The van der Waals surface area contributed by atoms with Gasteiger partial charge >= 0.3 is 5.97 Å². The summed E-state index contributed by atoms with van der Waals surface area (Å²) in [5.74, 6) is -1.08. The maximum absolute atomic E-state index is 10.5. The summed E-state index contributed by atoms with van der Waals surface area (Å²) < 4.78 is 0. The average molecular weight is 203 g/mol. The highest BCUT2D eigenvalue weighted by Gasteiger charge is 2.07. The zero-order valence-electron chi connectivity index (χ0n) is 7.84. The van der Waals surface area contributed by atoms with E-state index >= 15 is 0 Å². The molecule has 0 aliphatic heterocycles. The van der Waals surface area contributed by atoms with E-state index in [1.165, 1.54) is 0 Å². The molecule has 4 heteroatoms. The molecule has 0 aliphatic carbocycles. The van der Waals surface area contributed by atoms with Crippen LogP contribution >= 0.6 is 0 Å². The van der Waals surface area contributed by atoms with Crippen LogP contribution in [0.2, 0.25) is 0 Å². The lowest BCUT2D eigenvalue weighted by atomic mass is 10.1. The number of aromatic nitrogens is 1. The molecule has 0 atom stereocenters. The van der Waals surface area contributed by atoms with E-state index in [1.807, 2.05) is 12.1 Å². The Kier molecular flexibility index (Phi) is 2.25. The molecule has 0 fully saturated rings. The Morgan fingerprint density at radius 1 is 1.33 bits per heavy atom. The van der Waals surface area contributed by atoms with Crippen molar-refractivity contribution in [3.63, 3.8) is 0 Å². The molecule has 15 heavy (non-hydrogen) atoms. The second-order valence-electron chi connectivity index (χ2n) is 3.23. The molecule has 1 heterocycles. The number of pyridine rings is 1. The molecule has 2 N–H and O–H groups in total. The van der Waals surface area contributed by atoms with Gasteiger partial charge in [0.25, 0.3) is 0 Å². The molecule has 0 spiro atoms. The molecule has 0 radical (unpaired) electrons. The molecule has 0 bridgehead atoms. The first-order valence-electron chi connectivity index (χ1n) is 4.46. The maximum atomic E-state index is 10.5. The number of hydrogen-bond acceptors (Lipinski definition) is 3. The fourth-order valence-electron chi connectivity index (χ4n) is 1.48. The third-order valence-electron chi connectivity index (χ3n) is 2.11. The Labute approximate surface area is 85.8 Å². The summed E-state index contributed by atoms with van der Waals surface area (Å²) >= 11 is 0. The number of fused-ring (bicyclic) bond motifs is 1. The molecule has 4 nitrogen and oxygen atoms in total. The van der Waals surface area contributed by atoms with Crippen molar-refractivity contribution in [2.45, 2.75) is 6.42 Å². The minimum atomic E-state index is -0.961. The van der Waals surface area contributed by atoms with Crippen molar-refractivity contribution in [2.24, 2.45) is 0 Å². The van der Waals surface area contributed by atoms with Crippen molar-refractivity contribution in [1.82, 2.24) is 4.98 Å². The number of rotatable bonds is 2. The highest BCUT2D eigenvalue weighted by Crippen LogP contribution is 2.23. The first kappa shape index (κ1) is 9.45. The van der Waals surface area contributed by atoms with E-state index in [1.54, 1.807) is 18.2 Å². The van der Waals surface area contributed by atoms with Crippen LogP contribution < -0.4 is 0 Å². The number of carboxylic acid groups (broad SMARTS) is 1. The Morgan fingerprint density at radius 3 is 2.80 bits per heavy atom. The van der Waals surface area contributed by atoms with Crippen LogP contribution in [-0.2, 0) is 11.2 Å². The predicted molar refractivity (Wildman–Crippen MR) is 54.7 cm³/mol. The van der Waals surface area contributed by atoms with Crippen LogP contribution in [0.3, 0.4) is 0 Å². The Bertz CT molecular complexity index is 522. The van der Waals surface area contributed by atoms with Gasteiger partial charge in [0, 0.05) is 5.39 Å². The first-order valence-corrected chi connectivity index (χ1v) is 4.46. The van der Waals surface area contributed by atoms with Gasteiger partial charge in [0.05, 0.1) is 12.1 Å². The molecular formula is C11H9NO3. The second-order valence-corrected chi connectivity index (χ2v) is 3.23. The quantitative estimate of drug-likeness (QED) is 0.777. The fraction of sp³-hybridized carbons (Fsp3) is 0.0909. The molecule has 1 aromatic carbocycles. The number of benzene rings is 1.